The molecule has 1 N–H and O–H groups in total. The van der Waals surface area contributed by atoms with Crippen molar-refractivity contribution < 1.29 is 13.5 Å². The minimum atomic E-state index is -3.33. The Labute approximate surface area is 138 Å². The van der Waals surface area contributed by atoms with Gasteiger partial charge in [-0.25, -0.2) is 8.42 Å². The van der Waals surface area contributed by atoms with Gasteiger partial charge in [0.1, 0.15) is 0 Å². The maximum Gasteiger partial charge on any atom is 0.180 e. The predicted molar refractivity (Wildman–Crippen MR) is 93.4 cm³/mol. The molecular weight excluding hydrogens is 310 g/mol. The third kappa shape index (κ3) is 5.08. The summed E-state index contributed by atoms with van der Waals surface area (Å²) in [5.74, 6) is 0.0162. The Balaban J connectivity index is 2.12. The summed E-state index contributed by atoms with van der Waals surface area (Å²) >= 11 is 0. The van der Waals surface area contributed by atoms with Crippen molar-refractivity contribution in [3.8, 4) is 0 Å². The number of hydrogen-bond acceptors (Lipinski definition) is 4. The molecule has 1 unspecified atom stereocenters. The minimum absolute atomic E-state index is 0.0162. The fourth-order valence-electron chi connectivity index (χ4n) is 2.32. The van der Waals surface area contributed by atoms with Gasteiger partial charge in [0.05, 0.1) is 16.8 Å². The van der Waals surface area contributed by atoms with E-state index in [9.17, 15) is 13.5 Å². The van der Waals surface area contributed by atoms with Crippen molar-refractivity contribution in [3.63, 3.8) is 0 Å². The first-order valence-electron chi connectivity index (χ1n) is 7.79. The van der Waals surface area contributed by atoms with Gasteiger partial charge in [-0.15, -0.1) is 0 Å². The second-order valence-corrected chi connectivity index (χ2v) is 7.58. The van der Waals surface area contributed by atoms with Crippen LogP contribution in [0, 0.1) is 0 Å². The smallest absolute Gasteiger partial charge is 0.180 e. The van der Waals surface area contributed by atoms with E-state index < -0.39 is 15.9 Å². The van der Waals surface area contributed by atoms with Crippen LogP contribution in [-0.2, 0) is 9.84 Å². The van der Waals surface area contributed by atoms with Crippen LogP contribution in [0.3, 0.4) is 0 Å². The SMILES string of the molecule is CCC(O)CN(CCS(=O)(=O)c1ccccc1)c1ccccc1. The summed E-state index contributed by atoms with van der Waals surface area (Å²) in [5.41, 5.74) is 0.920. The van der Waals surface area contributed by atoms with Gasteiger partial charge in [0.15, 0.2) is 9.84 Å². The number of anilines is 1. The summed E-state index contributed by atoms with van der Waals surface area (Å²) in [6, 6.07) is 18.1. The van der Waals surface area contributed by atoms with E-state index in [1.165, 1.54) is 0 Å². The lowest BCUT2D eigenvalue weighted by Gasteiger charge is -2.27. The molecule has 0 aromatic heterocycles. The molecule has 2 aromatic rings. The van der Waals surface area contributed by atoms with E-state index in [1.807, 2.05) is 42.2 Å². The maximum absolute atomic E-state index is 12.4. The van der Waals surface area contributed by atoms with Gasteiger partial charge in [-0.1, -0.05) is 43.3 Å². The molecule has 0 bridgehead atoms. The Morgan fingerprint density at radius 2 is 1.57 bits per heavy atom. The largest absolute Gasteiger partial charge is 0.391 e. The van der Waals surface area contributed by atoms with Gasteiger partial charge in [-0.3, -0.25) is 0 Å². The van der Waals surface area contributed by atoms with Crippen LogP contribution in [0.4, 0.5) is 5.69 Å². The van der Waals surface area contributed by atoms with E-state index in [4.69, 9.17) is 0 Å². The Hall–Kier alpha value is -1.85. The van der Waals surface area contributed by atoms with Gasteiger partial charge >= 0.3 is 0 Å². The van der Waals surface area contributed by atoms with E-state index in [0.717, 1.165) is 5.69 Å². The number of para-hydroxylation sites is 1. The highest BCUT2D eigenvalue weighted by Gasteiger charge is 2.18. The van der Waals surface area contributed by atoms with Gasteiger partial charge in [0.2, 0.25) is 0 Å². The third-order valence-corrected chi connectivity index (χ3v) is 5.47. The normalized spacial score (nSPS) is 12.8. The minimum Gasteiger partial charge on any atom is -0.391 e. The summed E-state index contributed by atoms with van der Waals surface area (Å²) in [7, 11) is -3.33. The van der Waals surface area contributed by atoms with Crippen molar-refractivity contribution in [1.82, 2.24) is 0 Å². The Kier molecular flexibility index (Phi) is 6.19. The second-order valence-electron chi connectivity index (χ2n) is 5.48. The quantitative estimate of drug-likeness (QED) is 0.807. The van der Waals surface area contributed by atoms with Gasteiger partial charge in [0.25, 0.3) is 0 Å². The first kappa shape index (κ1) is 17.5. The molecule has 0 aliphatic rings. The first-order chi connectivity index (χ1) is 11.0. The Morgan fingerprint density at radius 3 is 2.13 bits per heavy atom. The van der Waals surface area contributed by atoms with E-state index in [1.54, 1.807) is 30.3 Å². The highest BCUT2D eigenvalue weighted by molar-refractivity contribution is 7.91. The molecule has 4 nitrogen and oxygen atoms in total. The first-order valence-corrected chi connectivity index (χ1v) is 9.44. The van der Waals surface area contributed by atoms with Crippen molar-refractivity contribution in [1.29, 1.82) is 0 Å². The monoisotopic (exact) mass is 333 g/mol. The van der Waals surface area contributed by atoms with Crippen molar-refractivity contribution >= 4 is 15.5 Å². The molecule has 0 aliphatic carbocycles. The standard InChI is InChI=1S/C18H23NO3S/c1-2-17(20)15-19(16-9-5-3-6-10-16)13-14-23(21,22)18-11-7-4-8-12-18/h3-12,17,20H,2,13-15H2,1H3. The summed E-state index contributed by atoms with van der Waals surface area (Å²) < 4.78 is 24.9. The summed E-state index contributed by atoms with van der Waals surface area (Å²) in [4.78, 5) is 2.26. The van der Waals surface area contributed by atoms with Crippen LogP contribution >= 0.6 is 0 Å². The van der Waals surface area contributed by atoms with Gasteiger partial charge in [0, 0.05) is 18.8 Å². The van der Waals surface area contributed by atoms with Crippen LogP contribution in [0.1, 0.15) is 13.3 Å². The van der Waals surface area contributed by atoms with E-state index in [-0.39, 0.29) is 5.75 Å². The maximum atomic E-state index is 12.4. The van der Waals surface area contributed by atoms with E-state index in [0.29, 0.717) is 24.4 Å². The van der Waals surface area contributed by atoms with Gasteiger partial charge in [-0.2, -0.15) is 0 Å². The topological polar surface area (TPSA) is 57.6 Å². The number of rotatable bonds is 8. The molecule has 23 heavy (non-hydrogen) atoms. The summed E-state index contributed by atoms with van der Waals surface area (Å²) in [6.07, 6.45) is 0.157. The van der Waals surface area contributed by atoms with Crippen LogP contribution in [0.2, 0.25) is 0 Å². The molecule has 0 amide bonds. The molecule has 2 aromatic carbocycles. The molecule has 1 atom stereocenters. The number of aliphatic hydroxyl groups is 1. The predicted octanol–water partition coefficient (Wildman–Crippen LogP) is 2.74. The molecule has 0 fully saturated rings. The lowest BCUT2D eigenvalue weighted by atomic mass is 10.2. The lowest BCUT2D eigenvalue weighted by Crippen LogP contribution is -2.35. The molecular formula is C18H23NO3S. The third-order valence-electron chi connectivity index (χ3n) is 3.76. The summed E-state index contributed by atoms with van der Waals surface area (Å²) in [6.45, 7) is 2.68. The van der Waals surface area contributed by atoms with Gasteiger partial charge < -0.3 is 10.0 Å². The molecule has 0 aliphatic heterocycles. The molecule has 0 saturated carbocycles. The number of aliphatic hydroxyl groups excluding tert-OH is 1. The zero-order chi connectivity index (χ0) is 16.7. The van der Waals surface area contributed by atoms with Crippen molar-refractivity contribution in [3.05, 3.63) is 60.7 Å². The van der Waals surface area contributed by atoms with Crippen LogP contribution in [0.5, 0.6) is 0 Å². The lowest BCUT2D eigenvalue weighted by molar-refractivity contribution is 0.176. The molecule has 2 rings (SSSR count). The fourth-order valence-corrected chi connectivity index (χ4v) is 3.59. The average Bonchev–Trinajstić information content (AvgIpc) is 2.60. The van der Waals surface area contributed by atoms with E-state index in [2.05, 4.69) is 0 Å². The van der Waals surface area contributed by atoms with Crippen LogP contribution in [-0.4, -0.2) is 38.5 Å². The highest BCUT2D eigenvalue weighted by Crippen LogP contribution is 2.16. The van der Waals surface area contributed by atoms with Crippen LogP contribution in [0.15, 0.2) is 65.6 Å². The zero-order valence-electron chi connectivity index (χ0n) is 13.3. The number of hydrogen-bond donors (Lipinski definition) is 1. The van der Waals surface area contributed by atoms with Crippen molar-refractivity contribution in [2.45, 2.75) is 24.3 Å². The number of benzene rings is 2. The summed E-state index contributed by atoms with van der Waals surface area (Å²) in [5, 5.41) is 9.95. The Bertz CT molecular complexity index is 687. The average molecular weight is 333 g/mol. The van der Waals surface area contributed by atoms with Crippen molar-refractivity contribution in [2.24, 2.45) is 0 Å². The number of nitrogens with zero attached hydrogens (tertiary/aromatic N) is 1. The molecule has 0 radical (unpaired) electrons. The molecule has 124 valence electrons. The van der Waals surface area contributed by atoms with Gasteiger partial charge in [-0.05, 0) is 30.7 Å². The van der Waals surface area contributed by atoms with Crippen LogP contribution < -0.4 is 4.90 Å². The molecule has 0 saturated heterocycles. The Morgan fingerprint density at radius 1 is 1.00 bits per heavy atom. The molecule has 5 heteroatoms. The molecule has 0 heterocycles. The van der Waals surface area contributed by atoms with Crippen molar-refractivity contribution in [2.75, 3.05) is 23.7 Å². The van der Waals surface area contributed by atoms with Crippen LogP contribution in [0.25, 0.3) is 0 Å². The zero-order valence-corrected chi connectivity index (χ0v) is 14.1. The fraction of sp³-hybridized carbons (Fsp3) is 0.333. The molecule has 0 spiro atoms. The second kappa shape index (κ2) is 8.13. The highest BCUT2D eigenvalue weighted by atomic mass is 32.2. The van der Waals surface area contributed by atoms with E-state index >= 15 is 0 Å². The number of sulfone groups is 1.